The van der Waals surface area contributed by atoms with Gasteiger partial charge in [-0.15, -0.1) is 11.3 Å². The molecule has 0 aliphatic heterocycles. The van der Waals surface area contributed by atoms with Crippen molar-refractivity contribution in [1.29, 1.82) is 0 Å². The molecule has 7 heteroatoms. The van der Waals surface area contributed by atoms with Gasteiger partial charge in [-0.25, -0.2) is 8.78 Å². The topological polar surface area (TPSA) is 43.6 Å². The lowest BCUT2D eigenvalue weighted by Crippen LogP contribution is -2.33. The van der Waals surface area contributed by atoms with Gasteiger partial charge in [0, 0.05) is 30.7 Å². The Balaban J connectivity index is 1.55. The summed E-state index contributed by atoms with van der Waals surface area (Å²) in [5.74, 6) is 0.586. The van der Waals surface area contributed by atoms with E-state index in [1.54, 1.807) is 12.5 Å². The van der Waals surface area contributed by atoms with Crippen LogP contribution < -0.4 is 4.80 Å². The van der Waals surface area contributed by atoms with Gasteiger partial charge in [-0.05, 0) is 62.0 Å². The van der Waals surface area contributed by atoms with E-state index >= 15 is 0 Å². The van der Waals surface area contributed by atoms with Crippen LogP contribution in [0.2, 0.25) is 0 Å². The second kappa shape index (κ2) is 7.13. The van der Waals surface area contributed by atoms with Gasteiger partial charge >= 0.3 is 0 Å². The van der Waals surface area contributed by atoms with E-state index in [9.17, 15) is 13.6 Å². The average Bonchev–Trinajstić information content (AvgIpc) is 3.27. The summed E-state index contributed by atoms with van der Waals surface area (Å²) >= 11 is 1.32. The number of hydrogen-bond donors (Lipinski definition) is 0. The smallest absolute Gasteiger partial charge is 0.254 e. The zero-order chi connectivity index (χ0) is 20.2. The van der Waals surface area contributed by atoms with Crippen LogP contribution in [0.1, 0.15) is 32.1 Å². The number of thiazole rings is 1. The molecule has 1 heterocycles. The second-order valence-corrected chi connectivity index (χ2v) is 9.63. The van der Waals surface area contributed by atoms with Gasteiger partial charge in [-0.1, -0.05) is 0 Å². The van der Waals surface area contributed by atoms with Gasteiger partial charge in [0.2, 0.25) is 0 Å². The van der Waals surface area contributed by atoms with Crippen LogP contribution in [0.3, 0.4) is 0 Å². The van der Waals surface area contributed by atoms with Crippen LogP contribution in [0, 0.1) is 34.8 Å². The van der Waals surface area contributed by atoms with Crippen LogP contribution in [-0.2, 0) is 16.1 Å². The Morgan fingerprint density at radius 2 is 2.03 bits per heavy atom. The van der Waals surface area contributed by atoms with E-state index in [0.29, 0.717) is 47.0 Å². The first-order chi connectivity index (χ1) is 14.0. The van der Waals surface area contributed by atoms with E-state index in [0.717, 1.165) is 31.7 Å². The minimum Gasteiger partial charge on any atom is -0.383 e. The van der Waals surface area contributed by atoms with Crippen LogP contribution in [0.15, 0.2) is 28.6 Å². The Bertz CT molecular complexity index is 1010. The zero-order valence-electron chi connectivity index (χ0n) is 16.4. The molecule has 0 saturated heterocycles. The zero-order valence-corrected chi connectivity index (χ0v) is 17.2. The first-order valence-electron chi connectivity index (χ1n) is 10.2. The number of aromatic nitrogens is 1. The molecule has 6 rings (SSSR count). The van der Waals surface area contributed by atoms with E-state index in [2.05, 4.69) is 4.99 Å². The van der Waals surface area contributed by atoms with Crippen molar-refractivity contribution < 1.29 is 18.3 Å². The largest absolute Gasteiger partial charge is 0.383 e. The Kier molecular flexibility index (Phi) is 4.70. The van der Waals surface area contributed by atoms with E-state index in [1.807, 2.05) is 4.57 Å². The quantitative estimate of drug-likeness (QED) is 0.723. The van der Waals surface area contributed by atoms with Gasteiger partial charge in [0.25, 0.3) is 5.91 Å². The van der Waals surface area contributed by atoms with Crippen molar-refractivity contribution in [2.45, 2.75) is 38.6 Å². The lowest BCUT2D eigenvalue weighted by molar-refractivity contribution is -0.129. The molecule has 2 aromatic rings. The fraction of sp³-hybridized carbons (Fsp3) is 0.545. The van der Waals surface area contributed by atoms with E-state index < -0.39 is 11.6 Å². The maximum absolute atomic E-state index is 14.4. The van der Waals surface area contributed by atoms with Crippen LogP contribution in [0.25, 0.3) is 11.3 Å². The number of nitrogens with zero attached hydrogens (tertiary/aromatic N) is 2. The van der Waals surface area contributed by atoms with Gasteiger partial charge in [-0.3, -0.25) is 4.79 Å². The third kappa shape index (κ3) is 3.10. The van der Waals surface area contributed by atoms with Gasteiger partial charge in [-0.2, -0.15) is 4.99 Å². The summed E-state index contributed by atoms with van der Waals surface area (Å²) in [5.41, 5.74) is 0.607. The van der Waals surface area contributed by atoms with Crippen LogP contribution in [-0.4, -0.2) is 24.2 Å². The minimum absolute atomic E-state index is 0.00801. The molecule has 29 heavy (non-hydrogen) atoms. The summed E-state index contributed by atoms with van der Waals surface area (Å²) in [6.07, 6.45) is 5.54. The van der Waals surface area contributed by atoms with Crippen molar-refractivity contribution in [3.05, 3.63) is 40.0 Å². The third-order valence-electron chi connectivity index (χ3n) is 7.14. The Morgan fingerprint density at radius 1 is 1.28 bits per heavy atom. The number of hydrogen-bond acceptors (Lipinski definition) is 3. The van der Waals surface area contributed by atoms with Crippen molar-refractivity contribution in [2.24, 2.45) is 28.2 Å². The molecule has 1 aromatic carbocycles. The predicted molar refractivity (Wildman–Crippen MR) is 106 cm³/mol. The molecule has 4 bridgehead atoms. The molecule has 154 valence electrons. The number of methoxy groups -OCH3 is 1. The Morgan fingerprint density at radius 3 is 2.72 bits per heavy atom. The lowest BCUT2D eigenvalue weighted by Gasteiger charge is -2.29. The number of ether oxygens (including phenoxy) is 1. The van der Waals surface area contributed by atoms with Crippen LogP contribution in [0.5, 0.6) is 0 Å². The molecule has 1 amide bonds. The summed E-state index contributed by atoms with van der Waals surface area (Å²) in [7, 11) is 1.60. The van der Waals surface area contributed by atoms with E-state index in [1.165, 1.54) is 29.9 Å². The molecule has 4 saturated carbocycles. The first-order valence-corrected chi connectivity index (χ1v) is 11.1. The molecule has 4 aliphatic rings. The highest BCUT2D eigenvalue weighted by Gasteiger charge is 2.61. The third-order valence-corrected chi connectivity index (χ3v) is 8.00. The van der Waals surface area contributed by atoms with Crippen molar-refractivity contribution in [2.75, 3.05) is 13.7 Å². The molecule has 4 nitrogen and oxygen atoms in total. The summed E-state index contributed by atoms with van der Waals surface area (Å²) < 4.78 is 34.8. The highest BCUT2D eigenvalue weighted by Crippen LogP contribution is 2.65. The van der Waals surface area contributed by atoms with E-state index in [4.69, 9.17) is 4.74 Å². The number of amides is 1. The maximum atomic E-state index is 14.4. The Hall–Kier alpha value is -1.86. The Labute approximate surface area is 172 Å². The molecule has 0 radical (unpaired) electrons. The molecule has 0 N–H and O–H groups in total. The minimum atomic E-state index is -0.628. The summed E-state index contributed by atoms with van der Waals surface area (Å²) in [5, 5.41) is 1.79. The highest BCUT2D eigenvalue weighted by atomic mass is 32.1. The van der Waals surface area contributed by atoms with Gasteiger partial charge < -0.3 is 9.30 Å². The molecule has 4 fully saturated rings. The molecular weight excluding hydrogens is 394 g/mol. The summed E-state index contributed by atoms with van der Waals surface area (Å²) in [6.45, 7) is 0.853. The lowest BCUT2D eigenvalue weighted by atomic mass is 9.75. The molecule has 0 spiro atoms. The van der Waals surface area contributed by atoms with Crippen molar-refractivity contribution in [1.82, 2.24) is 4.57 Å². The average molecular weight is 419 g/mol. The predicted octanol–water partition coefficient (Wildman–Crippen LogP) is 4.39. The molecule has 4 aliphatic carbocycles. The number of carbonyl (C=O) groups excluding carboxylic acids is 1. The maximum Gasteiger partial charge on any atom is 0.254 e. The van der Waals surface area contributed by atoms with Gasteiger partial charge in [0.1, 0.15) is 11.6 Å². The van der Waals surface area contributed by atoms with Gasteiger partial charge in [0.05, 0.1) is 17.7 Å². The second-order valence-electron chi connectivity index (χ2n) is 8.79. The summed E-state index contributed by atoms with van der Waals surface area (Å²) in [4.78, 5) is 18.5. The van der Waals surface area contributed by atoms with Crippen molar-refractivity contribution >= 4 is 17.2 Å². The number of rotatable bonds is 5. The number of carbonyl (C=O) groups is 1. The number of benzene rings is 1. The van der Waals surface area contributed by atoms with Crippen molar-refractivity contribution in [3.63, 3.8) is 0 Å². The normalized spacial score (nSPS) is 30.4. The van der Waals surface area contributed by atoms with Crippen LogP contribution in [0.4, 0.5) is 8.78 Å². The van der Waals surface area contributed by atoms with Crippen molar-refractivity contribution in [3.8, 4) is 11.3 Å². The fourth-order valence-corrected chi connectivity index (χ4v) is 7.00. The fourth-order valence-electron chi connectivity index (χ4n) is 6.07. The highest BCUT2D eigenvalue weighted by molar-refractivity contribution is 7.07. The van der Waals surface area contributed by atoms with E-state index in [-0.39, 0.29) is 11.3 Å². The monoisotopic (exact) mass is 418 g/mol. The SMILES string of the molecule is COCCn1c(-c2ccc(F)cc2F)csc1=NC(=O)C12CC3CC(CC1C3)C2. The molecular formula is C22H24F2N2O2S. The number of halogens is 2. The molecule has 2 unspecified atom stereocenters. The molecule has 2 atom stereocenters. The standard InChI is InChI=1S/C22H24F2N2O2S/c1-28-5-4-26-19(17-3-2-16(23)9-18(17)24)12-29-21(26)25-20(27)22-10-13-6-14(11-22)8-15(22)7-13/h2-3,9,12-15H,4-8,10-11H2,1H3. The van der Waals surface area contributed by atoms with Crippen LogP contribution >= 0.6 is 11.3 Å². The summed E-state index contributed by atoms with van der Waals surface area (Å²) in [6, 6.07) is 3.55. The first kappa shape index (κ1) is 19.1. The molecule has 1 aromatic heterocycles. The van der Waals surface area contributed by atoms with Gasteiger partial charge in [0.15, 0.2) is 4.80 Å².